The number of hydrogen-bond acceptors (Lipinski definition) is 7. The maximum Gasteiger partial charge on any atom is 0.0924 e. The van der Waals surface area contributed by atoms with Crippen molar-refractivity contribution in [3.8, 4) is 0 Å². The first-order valence-corrected chi connectivity index (χ1v) is 14.6. The molecule has 0 saturated carbocycles. The molecule has 0 aromatic heterocycles. The van der Waals surface area contributed by atoms with Crippen LogP contribution in [0.5, 0.6) is 0 Å². The summed E-state index contributed by atoms with van der Waals surface area (Å²) in [4.78, 5) is 0. The van der Waals surface area contributed by atoms with Gasteiger partial charge in [0.1, 0.15) is 0 Å². The van der Waals surface area contributed by atoms with Crippen LogP contribution >= 0.6 is 0 Å². The summed E-state index contributed by atoms with van der Waals surface area (Å²) in [7, 11) is 0. The van der Waals surface area contributed by atoms with Gasteiger partial charge in [0.25, 0.3) is 0 Å². The zero-order chi connectivity index (χ0) is 26.9. The van der Waals surface area contributed by atoms with Gasteiger partial charge in [0.15, 0.2) is 0 Å². The van der Waals surface area contributed by atoms with E-state index in [2.05, 4.69) is 34.3 Å². The minimum Gasteiger partial charge on any atom is -0.392 e. The lowest BCUT2D eigenvalue weighted by Crippen LogP contribution is -2.61. The van der Waals surface area contributed by atoms with E-state index in [4.69, 9.17) is 23.7 Å². The number of fused-ring (bicyclic) bond motifs is 1. The van der Waals surface area contributed by atoms with Crippen molar-refractivity contribution in [2.75, 3.05) is 6.61 Å². The quantitative estimate of drug-likeness (QED) is 0.493. The summed E-state index contributed by atoms with van der Waals surface area (Å²) in [6.45, 7) is 16.3. The molecule has 10 atom stereocenters. The zero-order valence-corrected chi connectivity index (χ0v) is 23.9. The number of rotatable bonds is 6. The highest BCUT2D eigenvalue weighted by atomic mass is 16.6. The summed E-state index contributed by atoms with van der Waals surface area (Å²) in [5, 5.41) is 20.0. The van der Waals surface area contributed by atoms with Gasteiger partial charge in [0.2, 0.25) is 0 Å². The molecule has 5 heterocycles. The lowest BCUT2D eigenvalue weighted by molar-refractivity contribution is -0.291. The van der Waals surface area contributed by atoms with E-state index in [1.807, 2.05) is 13.8 Å². The Labute approximate surface area is 223 Å². The van der Waals surface area contributed by atoms with Crippen LogP contribution in [-0.4, -0.2) is 81.4 Å². The molecule has 0 bridgehead atoms. The number of aliphatic hydroxyl groups excluding tert-OH is 1. The topological polar surface area (TPSA) is 86.6 Å². The third-order valence-corrected chi connectivity index (χ3v) is 10.4. The van der Waals surface area contributed by atoms with Gasteiger partial charge < -0.3 is 33.9 Å². The third-order valence-electron chi connectivity index (χ3n) is 10.4. The van der Waals surface area contributed by atoms with E-state index in [1.54, 1.807) is 0 Å². The van der Waals surface area contributed by atoms with Crippen molar-refractivity contribution in [1.29, 1.82) is 0 Å². The summed E-state index contributed by atoms with van der Waals surface area (Å²) in [5.41, 5.74) is -1.51. The monoisotopic (exact) mass is 522 g/mol. The molecular formula is C30H50O7. The van der Waals surface area contributed by atoms with Crippen LogP contribution in [0, 0.1) is 0 Å². The third kappa shape index (κ3) is 5.07. The summed E-state index contributed by atoms with van der Waals surface area (Å²) < 4.78 is 33.2. The largest absolute Gasteiger partial charge is 0.392 e. The van der Waals surface area contributed by atoms with Crippen LogP contribution in [0.1, 0.15) is 106 Å². The van der Waals surface area contributed by atoms with E-state index in [-0.39, 0.29) is 65.6 Å². The molecule has 0 amide bonds. The maximum absolute atomic E-state index is 10.5. The van der Waals surface area contributed by atoms with Crippen LogP contribution in [-0.2, 0) is 23.7 Å². The van der Waals surface area contributed by atoms with Crippen LogP contribution in [0.25, 0.3) is 0 Å². The molecule has 7 heteroatoms. The molecule has 0 aromatic carbocycles. The first-order chi connectivity index (χ1) is 17.2. The normalized spacial score (nSPS) is 50.8. The Morgan fingerprint density at radius 1 is 0.703 bits per heavy atom. The Kier molecular flexibility index (Phi) is 7.22. The molecule has 7 nitrogen and oxygen atoms in total. The second kappa shape index (κ2) is 9.53. The standard InChI is InChI=1S/C30H50O7/c1-19(18-31)20-10-14-27(4,34-20)23-12-16-28(5)22(33-23)8-9-24(36-28)29(6)17-13-25(37-29)30(7)15-11-21(35-30)26(2,3)32/h20-25,31-32H,1,8-18H2,2-7H3/t20-,21-,22+,23+,24+,25+,27-,28-,29-,30-/m0/s1. The molecule has 0 aliphatic carbocycles. The minimum absolute atomic E-state index is 0.00653. The zero-order valence-electron chi connectivity index (χ0n) is 23.9. The predicted octanol–water partition coefficient (Wildman–Crippen LogP) is 4.60. The van der Waals surface area contributed by atoms with Crippen LogP contribution in [0.15, 0.2) is 12.2 Å². The van der Waals surface area contributed by atoms with Crippen molar-refractivity contribution in [1.82, 2.24) is 0 Å². The van der Waals surface area contributed by atoms with Gasteiger partial charge in [-0.15, -0.1) is 0 Å². The summed E-state index contributed by atoms with van der Waals surface area (Å²) in [5.74, 6) is 0. The molecule has 2 N–H and O–H groups in total. The molecule has 5 rings (SSSR count). The van der Waals surface area contributed by atoms with E-state index in [0.29, 0.717) is 0 Å². The van der Waals surface area contributed by atoms with E-state index in [1.165, 1.54) is 0 Å². The van der Waals surface area contributed by atoms with Crippen LogP contribution in [0.3, 0.4) is 0 Å². The second-order valence-electron chi connectivity index (χ2n) is 14.0. The molecule has 5 aliphatic heterocycles. The fourth-order valence-corrected chi connectivity index (χ4v) is 7.67. The van der Waals surface area contributed by atoms with Crippen molar-refractivity contribution in [2.45, 2.75) is 170 Å². The molecule has 5 saturated heterocycles. The van der Waals surface area contributed by atoms with Gasteiger partial charge >= 0.3 is 0 Å². The predicted molar refractivity (Wildman–Crippen MR) is 140 cm³/mol. The summed E-state index contributed by atoms with van der Waals surface area (Å²) in [6, 6.07) is 0. The van der Waals surface area contributed by atoms with E-state index in [0.717, 1.165) is 69.8 Å². The van der Waals surface area contributed by atoms with Crippen molar-refractivity contribution in [2.24, 2.45) is 0 Å². The summed E-state index contributed by atoms with van der Waals surface area (Å²) in [6.07, 6.45) is 8.93. The van der Waals surface area contributed by atoms with Crippen LogP contribution in [0.2, 0.25) is 0 Å². The molecule has 37 heavy (non-hydrogen) atoms. The Bertz CT molecular complexity index is 870. The van der Waals surface area contributed by atoms with E-state index in [9.17, 15) is 10.2 Å². The number of ether oxygens (including phenoxy) is 5. The molecule has 212 valence electrons. The van der Waals surface area contributed by atoms with Crippen molar-refractivity contribution in [3.05, 3.63) is 12.2 Å². The van der Waals surface area contributed by atoms with Crippen molar-refractivity contribution in [3.63, 3.8) is 0 Å². The van der Waals surface area contributed by atoms with Gasteiger partial charge in [-0.25, -0.2) is 0 Å². The Morgan fingerprint density at radius 2 is 1.16 bits per heavy atom. The van der Waals surface area contributed by atoms with E-state index >= 15 is 0 Å². The van der Waals surface area contributed by atoms with Gasteiger partial charge in [-0.3, -0.25) is 0 Å². The Hall–Kier alpha value is -0.540. The fraction of sp³-hybridized carbons (Fsp3) is 0.933. The average molecular weight is 523 g/mol. The highest BCUT2D eigenvalue weighted by molar-refractivity contribution is 5.10. The highest BCUT2D eigenvalue weighted by Crippen LogP contribution is 2.51. The van der Waals surface area contributed by atoms with Gasteiger partial charge in [-0.1, -0.05) is 6.58 Å². The highest BCUT2D eigenvalue weighted by Gasteiger charge is 2.58. The smallest absolute Gasteiger partial charge is 0.0924 e. The summed E-state index contributed by atoms with van der Waals surface area (Å²) >= 11 is 0. The van der Waals surface area contributed by atoms with Crippen LogP contribution < -0.4 is 0 Å². The van der Waals surface area contributed by atoms with Gasteiger partial charge in [-0.2, -0.15) is 0 Å². The van der Waals surface area contributed by atoms with Crippen molar-refractivity contribution < 1.29 is 33.9 Å². The first kappa shape index (κ1) is 28.0. The van der Waals surface area contributed by atoms with E-state index < -0.39 is 5.60 Å². The lowest BCUT2D eigenvalue weighted by Gasteiger charge is -2.54. The van der Waals surface area contributed by atoms with Gasteiger partial charge in [0.05, 0.1) is 71.2 Å². The molecule has 5 aliphatic rings. The Balaban J connectivity index is 1.20. The molecule has 0 radical (unpaired) electrons. The van der Waals surface area contributed by atoms with Gasteiger partial charge in [0, 0.05) is 0 Å². The molecule has 0 spiro atoms. The lowest BCUT2D eigenvalue weighted by atomic mass is 9.77. The molecular weight excluding hydrogens is 472 g/mol. The van der Waals surface area contributed by atoms with Crippen molar-refractivity contribution >= 4 is 0 Å². The fourth-order valence-electron chi connectivity index (χ4n) is 7.67. The van der Waals surface area contributed by atoms with Gasteiger partial charge in [-0.05, 0) is 111 Å². The molecule has 0 aromatic rings. The average Bonchev–Trinajstić information content (AvgIpc) is 3.56. The number of aliphatic hydroxyl groups is 2. The molecule has 5 fully saturated rings. The second-order valence-corrected chi connectivity index (χ2v) is 14.0. The van der Waals surface area contributed by atoms with Crippen LogP contribution in [0.4, 0.5) is 0 Å². The maximum atomic E-state index is 10.5. The number of hydrogen-bond donors (Lipinski definition) is 2. The minimum atomic E-state index is -0.844. The first-order valence-electron chi connectivity index (χ1n) is 14.6. The Morgan fingerprint density at radius 3 is 1.78 bits per heavy atom. The molecule has 0 unspecified atom stereocenters. The SMILES string of the molecule is C=C(CO)[C@@H]1CC[C@@](C)([C@H]2CC[C@]3(C)O[C@@H]([C@]4(C)CC[C@H]([C@]5(C)CC[C@@H](C(C)(C)O)O5)O4)CC[C@H]3O2)O1.